The summed E-state index contributed by atoms with van der Waals surface area (Å²) in [5.74, 6) is 1.17. The predicted octanol–water partition coefficient (Wildman–Crippen LogP) is 1.71. The first kappa shape index (κ1) is 12.9. The molecule has 18 heavy (non-hydrogen) atoms. The van der Waals surface area contributed by atoms with Gasteiger partial charge in [-0.2, -0.15) is 0 Å². The molecule has 8 heteroatoms. The lowest BCUT2D eigenvalue weighted by Gasteiger charge is -1.96. The third-order valence-corrected chi connectivity index (χ3v) is 3.99. The molecule has 0 bridgehead atoms. The average molecular weight is 284 g/mol. The van der Waals surface area contributed by atoms with Crippen LogP contribution in [0.15, 0.2) is 27.2 Å². The summed E-state index contributed by atoms with van der Waals surface area (Å²) in [5, 5.41) is 11.8. The Kier molecular flexibility index (Phi) is 4.59. The lowest BCUT2D eigenvalue weighted by Crippen LogP contribution is -2.10. The predicted molar refractivity (Wildman–Crippen MR) is 70.5 cm³/mol. The van der Waals surface area contributed by atoms with Crippen molar-refractivity contribution < 1.29 is 9.21 Å². The number of nitrogens with two attached hydrogens (primary N) is 1. The van der Waals surface area contributed by atoms with Crippen molar-refractivity contribution in [2.24, 2.45) is 5.73 Å². The molecule has 0 fully saturated rings. The topological polar surface area (TPSA) is 94.0 Å². The van der Waals surface area contributed by atoms with Crippen LogP contribution >= 0.6 is 23.1 Å². The second-order valence-electron chi connectivity index (χ2n) is 3.37. The summed E-state index contributed by atoms with van der Waals surface area (Å²) in [5.41, 5.74) is 5.06. The molecule has 0 atom stereocenters. The molecule has 0 aliphatic rings. The summed E-state index contributed by atoms with van der Waals surface area (Å²) in [6.07, 6.45) is 1.97. The van der Waals surface area contributed by atoms with E-state index in [0.29, 0.717) is 18.7 Å². The van der Waals surface area contributed by atoms with Gasteiger partial charge in [0, 0.05) is 12.2 Å². The van der Waals surface area contributed by atoms with E-state index in [0.717, 1.165) is 15.2 Å². The van der Waals surface area contributed by atoms with E-state index >= 15 is 0 Å². The molecule has 2 aromatic heterocycles. The number of amides is 1. The van der Waals surface area contributed by atoms with Crippen molar-refractivity contribution in [1.29, 1.82) is 0 Å². The Labute approximate surface area is 112 Å². The zero-order valence-electron chi connectivity index (χ0n) is 9.46. The normalized spacial score (nSPS) is 10.4. The molecule has 2 heterocycles. The fraction of sp³-hybridized carbons (Fsp3) is 0.300. The van der Waals surface area contributed by atoms with Crippen molar-refractivity contribution in [2.75, 3.05) is 11.1 Å². The minimum atomic E-state index is -0.303. The molecule has 0 saturated heterocycles. The van der Waals surface area contributed by atoms with Crippen molar-refractivity contribution in [3.63, 3.8) is 0 Å². The van der Waals surface area contributed by atoms with Gasteiger partial charge >= 0.3 is 0 Å². The minimum Gasteiger partial charge on any atom is -0.467 e. The van der Waals surface area contributed by atoms with Crippen molar-refractivity contribution in [3.8, 4) is 0 Å². The van der Waals surface area contributed by atoms with Crippen molar-refractivity contribution in [1.82, 2.24) is 10.2 Å². The van der Waals surface area contributed by atoms with E-state index in [1.54, 1.807) is 6.26 Å². The molecule has 0 aliphatic carbocycles. The number of nitrogens with one attached hydrogen (secondary N) is 1. The number of hydrogen-bond donors (Lipinski definition) is 2. The standard InChI is InChI=1S/C10H12N4O2S2/c11-8(15)3-5-17-10-14-13-9(18-10)12-6-7-2-1-4-16-7/h1-2,4H,3,5-6H2,(H2,11,15)(H,12,13). The number of thioether (sulfide) groups is 1. The summed E-state index contributed by atoms with van der Waals surface area (Å²) < 4.78 is 6.01. The SMILES string of the molecule is NC(=O)CCSc1nnc(NCc2ccco2)s1. The van der Waals surface area contributed by atoms with Crippen LogP contribution in [0.5, 0.6) is 0 Å². The molecule has 0 aromatic carbocycles. The summed E-state index contributed by atoms with van der Waals surface area (Å²) in [7, 11) is 0. The Balaban J connectivity index is 1.77. The number of carbonyl (C=O) groups is 1. The van der Waals surface area contributed by atoms with Crippen LogP contribution in [0.1, 0.15) is 12.2 Å². The van der Waals surface area contributed by atoms with E-state index in [-0.39, 0.29) is 5.91 Å². The van der Waals surface area contributed by atoms with Crippen LogP contribution in [-0.4, -0.2) is 21.9 Å². The van der Waals surface area contributed by atoms with Gasteiger partial charge in [0.2, 0.25) is 11.0 Å². The molecule has 2 aromatic rings. The van der Waals surface area contributed by atoms with Gasteiger partial charge in [-0.1, -0.05) is 23.1 Å². The van der Waals surface area contributed by atoms with Crippen LogP contribution in [0.2, 0.25) is 0 Å². The average Bonchev–Trinajstić information content (AvgIpc) is 2.96. The highest BCUT2D eigenvalue weighted by Crippen LogP contribution is 2.26. The first-order valence-corrected chi connectivity index (χ1v) is 7.05. The third kappa shape index (κ3) is 4.04. The molecule has 3 N–H and O–H groups in total. The van der Waals surface area contributed by atoms with Gasteiger partial charge in [-0.15, -0.1) is 10.2 Å². The second kappa shape index (κ2) is 6.41. The fourth-order valence-electron chi connectivity index (χ4n) is 1.15. The lowest BCUT2D eigenvalue weighted by atomic mass is 10.4. The third-order valence-electron chi connectivity index (χ3n) is 1.97. The van der Waals surface area contributed by atoms with Gasteiger partial charge in [0.05, 0.1) is 12.8 Å². The quantitative estimate of drug-likeness (QED) is 0.752. The van der Waals surface area contributed by atoms with Crippen LogP contribution in [0.4, 0.5) is 5.13 Å². The molecular formula is C10H12N4O2S2. The Bertz CT molecular complexity index is 498. The van der Waals surface area contributed by atoms with Crippen LogP contribution in [0, 0.1) is 0 Å². The van der Waals surface area contributed by atoms with Gasteiger partial charge in [0.25, 0.3) is 0 Å². The number of rotatable bonds is 7. The number of anilines is 1. The van der Waals surface area contributed by atoms with Crippen molar-refractivity contribution in [3.05, 3.63) is 24.2 Å². The summed E-state index contributed by atoms with van der Waals surface area (Å²) in [6.45, 7) is 0.577. The van der Waals surface area contributed by atoms with Crippen molar-refractivity contribution in [2.45, 2.75) is 17.3 Å². The molecule has 0 saturated carbocycles. The van der Waals surface area contributed by atoms with E-state index in [1.165, 1.54) is 23.1 Å². The Morgan fingerprint density at radius 2 is 2.44 bits per heavy atom. The van der Waals surface area contributed by atoms with Crippen molar-refractivity contribution >= 4 is 34.1 Å². The highest BCUT2D eigenvalue weighted by Gasteiger charge is 2.05. The second-order valence-corrected chi connectivity index (χ2v) is 5.69. The number of nitrogens with zero attached hydrogens (tertiary/aromatic N) is 2. The Hall–Kier alpha value is -1.54. The maximum atomic E-state index is 10.6. The van der Waals surface area contributed by atoms with Gasteiger partial charge in [-0.05, 0) is 12.1 Å². The monoisotopic (exact) mass is 284 g/mol. The molecule has 0 spiro atoms. The molecule has 96 valence electrons. The summed E-state index contributed by atoms with van der Waals surface area (Å²) in [4.78, 5) is 10.6. The highest BCUT2D eigenvalue weighted by atomic mass is 32.2. The van der Waals surface area contributed by atoms with Gasteiger partial charge in [0.15, 0.2) is 4.34 Å². The number of furan rings is 1. The summed E-state index contributed by atoms with van der Waals surface area (Å²) >= 11 is 2.92. The van der Waals surface area contributed by atoms with Crippen LogP contribution in [0.3, 0.4) is 0 Å². The van der Waals surface area contributed by atoms with E-state index in [9.17, 15) is 4.79 Å². The Morgan fingerprint density at radius 1 is 1.56 bits per heavy atom. The van der Waals surface area contributed by atoms with Gasteiger partial charge < -0.3 is 15.5 Å². The van der Waals surface area contributed by atoms with E-state index in [2.05, 4.69) is 15.5 Å². The molecule has 0 aliphatic heterocycles. The molecule has 1 amide bonds. The number of aromatic nitrogens is 2. The van der Waals surface area contributed by atoms with Gasteiger partial charge in [-0.3, -0.25) is 4.79 Å². The smallest absolute Gasteiger partial charge is 0.218 e. The number of primary amides is 1. The van der Waals surface area contributed by atoms with E-state index in [4.69, 9.17) is 10.2 Å². The number of carbonyl (C=O) groups excluding carboxylic acids is 1. The van der Waals surface area contributed by atoms with Gasteiger partial charge in [0.1, 0.15) is 5.76 Å². The molecule has 6 nitrogen and oxygen atoms in total. The van der Waals surface area contributed by atoms with Crippen LogP contribution in [-0.2, 0) is 11.3 Å². The van der Waals surface area contributed by atoms with E-state index in [1.807, 2.05) is 12.1 Å². The molecular weight excluding hydrogens is 272 g/mol. The maximum absolute atomic E-state index is 10.6. The zero-order chi connectivity index (χ0) is 12.8. The lowest BCUT2D eigenvalue weighted by molar-refractivity contribution is -0.117. The largest absolute Gasteiger partial charge is 0.467 e. The first-order chi connectivity index (χ1) is 8.74. The minimum absolute atomic E-state index is 0.303. The zero-order valence-corrected chi connectivity index (χ0v) is 11.1. The molecule has 2 rings (SSSR count). The first-order valence-electron chi connectivity index (χ1n) is 5.25. The van der Waals surface area contributed by atoms with E-state index < -0.39 is 0 Å². The van der Waals surface area contributed by atoms with Gasteiger partial charge in [-0.25, -0.2) is 0 Å². The van der Waals surface area contributed by atoms with Crippen LogP contribution in [0.25, 0.3) is 0 Å². The Morgan fingerprint density at radius 3 is 3.17 bits per heavy atom. The van der Waals surface area contributed by atoms with Crippen LogP contribution < -0.4 is 11.1 Å². The molecule has 0 radical (unpaired) electrons. The number of hydrogen-bond acceptors (Lipinski definition) is 7. The highest BCUT2D eigenvalue weighted by molar-refractivity contribution is 8.01. The fourth-order valence-corrected chi connectivity index (χ4v) is 2.93. The maximum Gasteiger partial charge on any atom is 0.218 e. The summed E-state index contributed by atoms with van der Waals surface area (Å²) in [6, 6.07) is 3.72. The molecule has 0 unspecified atom stereocenters.